The van der Waals surface area contributed by atoms with Gasteiger partial charge in [-0.05, 0) is 0 Å². The Balaban J connectivity index is 0. The van der Waals surface area contributed by atoms with Crippen LogP contribution in [-0.4, -0.2) is 11.0 Å². The third-order valence-corrected chi connectivity index (χ3v) is 0. The van der Waals surface area contributed by atoms with E-state index in [1.807, 2.05) is 0 Å². The summed E-state index contributed by atoms with van der Waals surface area (Å²) in [6, 6.07) is 0. The first-order valence-electron chi connectivity index (χ1n) is 0. The molecule has 0 aliphatic rings. The van der Waals surface area contributed by atoms with Crippen molar-refractivity contribution in [3.63, 3.8) is 0 Å². The minimum atomic E-state index is 0. The van der Waals surface area contributed by atoms with E-state index in [0.29, 0.717) is 0 Å². The van der Waals surface area contributed by atoms with Gasteiger partial charge in [-0.25, -0.2) is 0 Å². The van der Waals surface area contributed by atoms with Gasteiger partial charge in [-0.15, -0.1) is 0 Å². The third kappa shape index (κ3) is 8.89. The van der Waals surface area contributed by atoms with Crippen molar-refractivity contribution >= 4 is 0 Å². The van der Waals surface area contributed by atoms with Crippen LogP contribution >= 0.6 is 0 Å². The summed E-state index contributed by atoms with van der Waals surface area (Å²) in [7, 11) is 0. The fraction of sp³-hybridized carbons (Fsp3) is 0. The molecule has 0 heterocycles. The number of hydrogen-bond donors (Lipinski definition) is 0. The second kappa shape index (κ2) is 19.0. The average Bonchev–Trinajstić information content (AvgIpc) is 0. The van der Waals surface area contributed by atoms with Crippen LogP contribution in [0.5, 0.6) is 0 Å². The maximum absolute atomic E-state index is 0. The molecule has 0 saturated carbocycles. The zero-order valence-electron chi connectivity index (χ0n) is 2.35. The molecule has 0 radical (unpaired) electrons. The summed E-state index contributed by atoms with van der Waals surface area (Å²) in [5, 5.41) is 0. The molecule has 0 saturated heterocycles. The van der Waals surface area contributed by atoms with Crippen molar-refractivity contribution in [3.8, 4) is 0 Å². The second-order valence-corrected chi connectivity index (χ2v) is 0. The average molecular weight is 265 g/mol. The molecule has 4 heteroatoms. The molecule has 0 aromatic carbocycles. The van der Waals surface area contributed by atoms with E-state index in [2.05, 4.69) is 0 Å². The van der Waals surface area contributed by atoms with Crippen molar-refractivity contribution in [3.05, 3.63) is 0 Å². The predicted molar refractivity (Wildman–Crippen MR) is 7.23 cm³/mol. The summed E-state index contributed by atoms with van der Waals surface area (Å²) in [6.07, 6.45) is 0. The van der Waals surface area contributed by atoms with E-state index < -0.39 is 0 Å². The van der Waals surface area contributed by atoms with Gasteiger partial charge in [0.2, 0.25) is 0 Å². The molecule has 4 heavy (non-hydrogen) atoms. The number of rotatable bonds is 0. The summed E-state index contributed by atoms with van der Waals surface area (Å²) in [6.45, 7) is 0. The Labute approximate surface area is 80.4 Å². The van der Waals surface area contributed by atoms with Crippen molar-refractivity contribution in [2.45, 2.75) is 0 Å². The molecule has 0 aliphatic heterocycles. The Morgan fingerprint density at radius 3 is 0.750 bits per heavy atom. The van der Waals surface area contributed by atoms with Crippen LogP contribution < -0.4 is 51.4 Å². The van der Waals surface area contributed by atoms with Crippen molar-refractivity contribution < 1.29 is 82.1 Å². The summed E-state index contributed by atoms with van der Waals surface area (Å²) >= 11 is 0. The maximum Gasteiger partial charge on any atom is 6.00 e. The zero-order chi connectivity index (χ0) is 0. The molecular formula is H4KO2Os+7. The molecule has 0 spiro atoms. The van der Waals surface area contributed by atoms with Crippen LogP contribution in [-0.2, 0) is 19.8 Å². The van der Waals surface area contributed by atoms with Crippen LogP contribution in [0.1, 0.15) is 0 Å². The third-order valence-electron chi connectivity index (χ3n) is 0. The standard InChI is InChI=1S/K.2H2O.Os/h;2*1H2;/q+1;;;+6. The fourth-order valence-corrected chi connectivity index (χ4v) is 0. The van der Waals surface area contributed by atoms with Gasteiger partial charge >= 0.3 is 71.2 Å². The summed E-state index contributed by atoms with van der Waals surface area (Å²) in [4.78, 5) is 0. The molecule has 2 nitrogen and oxygen atoms in total. The van der Waals surface area contributed by atoms with Crippen molar-refractivity contribution in [1.82, 2.24) is 0 Å². The molecular weight excluding hydrogens is 261 g/mol. The molecule has 0 atom stereocenters. The number of hydrogen-bond acceptors (Lipinski definition) is 0. The molecule has 0 aromatic rings. The Morgan fingerprint density at radius 2 is 0.750 bits per heavy atom. The Hall–Kier alpha value is 2.19. The van der Waals surface area contributed by atoms with Gasteiger partial charge in [-0.2, -0.15) is 0 Å². The van der Waals surface area contributed by atoms with E-state index in [4.69, 9.17) is 0 Å². The molecule has 0 amide bonds. The van der Waals surface area contributed by atoms with Gasteiger partial charge in [-0.3, -0.25) is 0 Å². The van der Waals surface area contributed by atoms with E-state index in [9.17, 15) is 0 Å². The van der Waals surface area contributed by atoms with Crippen LogP contribution in [0.2, 0.25) is 0 Å². The van der Waals surface area contributed by atoms with E-state index in [0.717, 1.165) is 0 Å². The van der Waals surface area contributed by atoms with Gasteiger partial charge in [0.05, 0.1) is 0 Å². The van der Waals surface area contributed by atoms with E-state index in [1.54, 1.807) is 0 Å². The molecule has 0 rings (SSSR count). The molecule has 0 bridgehead atoms. The van der Waals surface area contributed by atoms with Crippen LogP contribution in [0.3, 0.4) is 0 Å². The summed E-state index contributed by atoms with van der Waals surface area (Å²) in [5.74, 6) is 0. The minimum Gasteiger partial charge on any atom is -0.412 e. The molecule has 0 unspecified atom stereocenters. The molecule has 4 N–H and O–H groups in total. The quantitative estimate of drug-likeness (QED) is 0.396. The zero-order valence-corrected chi connectivity index (χ0v) is 8.02. The summed E-state index contributed by atoms with van der Waals surface area (Å²) in [5.41, 5.74) is 0. The minimum absolute atomic E-state index is 0. The van der Waals surface area contributed by atoms with Gasteiger partial charge in [0, 0.05) is 0 Å². The smallest absolute Gasteiger partial charge is 0.412 e. The van der Waals surface area contributed by atoms with Gasteiger partial charge in [0.15, 0.2) is 0 Å². The van der Waals surface area contributed by atoms with Gasteiger partial charge in [0.1, 0.15) is 0 Å². The SMILES string of the molecule is O.O.[K+].[Os+6]. The first kappa shape index (κ1) is 34.7. The van der Waals surface area contributed by atoms with Crippen molar-refractivity contribution in [2.75, 3.05) is 0 Å². The Morgan fingerprint density at radius 1 is 0.750 bits per heavy atom. The van der Waals surface area contributed by atoms with Crippen LogP contribution in [0.25, 0.3) is 0 Å². The Kier molecular flexibility index (Phi) is 165. The van der Waals surface area contributed by atoms with E-state index in [-0.39, 0.29) is 82.1 Å². The summed E-state index contributed by atoms with van der Waals surface area (Å²) < 4.78 is 0. The van der Waals surface area contributed by atoms with Crippen LogP contribution in [0, 0.1) is 0 Å². The maximum atomic E-state index is 0. The second-order valence-electron chi connectivity index (χ2n) is 0. The molecule has 18 valence electrons. The van der Waals surface area contributed by atoms with E-state index >= 15 is 0 Å². The van der Waals surface area contributed by atoms with Crippen LogP contribution in [0.15, 0.2) is 0 Å². The largest absolute Gasteiger partial charge is 6.00 e. The van der Waals surface area contributed by atoms with Gasteiger partial charge < -0.3 is 11.0 Å². The normalized spacial score (nSPS) is 0. The van der Waals surface area contributed by atoms with Crippen molar-refractivity contribution in [2.24, 2.45) is 0 Å². The Bertz CT molecular complexity index is 6.00. The molecule has 0 aliphatic carbocycles. The molecule has 0 aromatic heterocycles. The van der Waals surface area contributed by atoms with Crippen LogP contribution in [0.4, 0.5) is 0 Å². The monoisotopic (exact) mass is 267 g/mol. The molecule has 0 fully saturated rings. The first-order valence-corrected chi connectivity index (χ1v) is 0. The van der Waals surface area contributed by atoms with Gasteiger partial charge in [0.25, 0.3) is 0 Å². The van der Waals surface area contributed by atoms with E-state index in [1.165, 1.54) is 0 Å². The fourth-order valence-electron chi connectivity index (χ4n) is 0. The van der Waals surface area contributed by atoms with Crippen molar-refractivity contribution in [1.29, 1.82) is 0 Å². The predicted octanol–water partition coefficient (Wildman–Crippen LogP) is -4.65. The topological polar surface area (TPSA) is 63.0 Å². The first-order chi connectivity index (χ1) is 0. The van der Waals surface area contributed by atoms with Gasteiger partial charge in [-0.1, -0.05) is 0 Å².